The Balaban J connectivity index is 2.04. The molecule has 1 saturated carbocycles. The monoisotopic (exact) mass is 220 g/mol. The summed E-state index contributed by atoms with van der Waals surface area (Å²) in [4.78, 5) is 2.11. The Bertz CT molecular complexity index is 173. The predicted molar refractivity (Wildman–Crippen MR) is 58.3 cm³/mol. The molecule has 4 heteroatoms. The van der Waals surface area contributed by atoms with Gasteiger partial charge in [-0.3, -0.25) is 0 Å². The fourth-order valence-corrected chi connectivity index (χ4v) is 1.91. The van der Waals surface area contributed by atoms with Gasteiger partial charge in [0.15, 0.2) is 0 Å². The first-order chi connectivity index (χ1) is 6.99. The van der Waals surface area contributed by atoms with E-state index in [4.69, 9.17) is 0 Å². The normalized spacial score (nSPS) is 22.2. The molecule has 0 radical (unpaired) electrons. The Morgan fingerprint density at radius 1 is 1.27 bits per heavy atom. The van der Waals surface area contributed by atoms with E-state index in [1.165, 1.54) is 0 Å². The maximum Gasteiger partial charge on any atom is 0.248 e. The largest absolute Gasteiger partial charge is 0.315 e. The van der Waals surface area contributed by atoms with Crippen LogP contribution in [0.3, 0.4) is 0 Å². The van der Waals surface area contributed by atoms with E-state index in [0.717, 1.165) is 19.6 Å². The van der Waals surface area contributed by atoms with Crippen molar-refractivity contribution in [1.29, 1.82) is 0 Å². The second kappa shape index (κ2) is 5.75. The summed E-state index contributed by atoms with van der Waals surface area (Å²) in [5.41, 5.74) is 0. The molecular weight excluding hydrogens is 198 g/mol. The third-order valence-electron chi connectivity index (χ3n) is 3.01. The van der Waals surface area contributed by atoms with Crippen LogP contribution >= 0.6 is 0 Å². The molecule has 1 aliphatic rings. The molecule has 90 valence electrons. The van der Waals surface area contributed by atoms with Crippen LogP contribution in [0.25, 0.3) is 0 Å². The summed E-state index contributed by atoms with van der Waals surface area (Å²) < 4.78 is 25.7. The van der Waals surface area contributed by atoms with E-state index in [2.05, 4.69) is 10.2 Å². The van der Waals surface area contributed by atoms with E-state index in [1.807, 2.05) is 14.1 Å². The van der Waals surface area contributed by atoms with Crippen molar-refractivity contribution in [3.05, 3.63) is 0 Å². The fourth-order valence-electron chi connectivity index (χ4n) is 1.91. The number of alkyl halides is 2. The van der Waals surface area contributed by atoms with Crippen LogP contribution in [0.5, 0.6) is 0 Å². The molecule has 0 unspecified atom stereocenters. The molecular formula is C11H22F2N2. The lowest BCUT2D eigenvalue weighted by Crippen LogP contribution is -2.33. The average molecular weight is 220 g/mol. The minimum atomic E-state index is -2.39. The van der Waals surface area contributed by atoms with Gasteiger partial charge in [0.05, 0.1) is 0 Å². The third-order valence-corrected chi connectivity index (χ3v) is 3.01. The smallest absolute Gasteiger partial charge is 0.248 e. The summed E-state index contributed by atoms with van der Waals surface area (Å²) in [6, 6.07) is 0. The molecule has 0 aromatic carbocycles. The molecule has 1 fully saturated rings. The first-order valence-electron chi connectivity index (χ1n) is 5.73. The minimum absolute atomic E-state index is 0.0764. The highest BCUT2D eigenvalue weighted by Crippen LogP contribution is 2.35. The second-order valence-electron chi connectivity index (χ2n) is 4.81. The molecule has 0 spiro atoms. The lowest BCUT2D eigenvalue weighted by atomic mass is 9.87. The highest BCUT2D eigenvalue weighted by atomic mass is 19.3. The number of nitrogens with zero attached hydrogens (tertiary/aromatic N) is 1. The zero-order chi connectivity index (χ0) is 11.3. The molecule has 15 heavy (non-hydrogen) atoms. The van der Waals surface area contributed by atoms with E-state index < -0.39 is 5.92 Å². The van der Waals surface area contributed by atoms with Gasteiger partial charge in [-0.15, -0.1) is 0 Å². The molecule has 0 heterocycles. The van der Waals surface area contributed by atoms with E-state index >= 15 is 0 Å². The quantitative estimate of drug-likeness (QED) is 0.713. The SMILES string of the molecule is CN(C)CCNCC1CCC(F)(F)CC1. The van der Waals surface area contributed by atoms with Gasteiger partial charge in [0.25, 0.3) is 0 Å². The van der Waals surface area contributed by atoms with E-state index in [9.17, 15) is 8.78 Å². The first kappa shape index (κ1) is 12.8. The summed E-state index contributed by atoms with van der Waals surface area (Å²) in [7, 11) is 4.06. The molecule has 0 atom stereocenters. The van der Waals surface area contributed by atoms with E-state index in [1.54, 1.807) is 0 Å². The van der Waals surface area contributed by atoms with Gasteiger partial charge in [-0.1, -0.05) is 0 Å². The van der Waals surface area contributed by atoms with E-state index in [0.29, 0.717) is 18.8 Å². The average Bonchev–Trinajstić information content (AvgIpc) is 2.14. The molecule has 0 amide bonds. The molecule has 0 bridgehead atoms. The van der Waals surface area contributed by atoms with Crippen LogP contribution in [0, 0.1) is 5.92 Å². The Hall–Kier alpha value is -0.220. The van der Waals surface area contributed by atoms with Crippen LogP contribution in [0.1, 0.15) is 25.7 Å². The Labute approximate surface area is 91.0 Å². The summed E-state index contributed by atoms with van der Waals surface area (Å²) in [5.74, 6) is -1.94. The lowest BCUT2D eigenvalue weighted by molar-refractivity contribution is -0.0454. The van der Waals surface area contributed by atoms with Crippen LogP contribution in [-0.4, -0.2) is 44.6 Å². The Kier molecular flexibility index (Phi) is 4.93. The van der Waals surface area contributed by atoms with E-state index in [-0.39, 0.29) is 12.8 Å². The predicted octanol–water partition coefficient (Wildman–Crippen LogP) is 1.96. The topological polar surface area (TPSA) is 15.3 Å². The molecule has 0 aliphatic heterocycles. The van der Waals surface area contributed by atoms with Crippen molar-refractivity contribution < 1.29 is 8.78 Å². The van der Waals surface area contributed by atoms with Gasteiger partial charge in [-0.25, -0.2) is 8.78 Å². The van der Waals surface area contributed by atoms with Crippen molar-refractivity contribution in [3.8, 4) is 0 Å². The molecule has 0 saturated heterocycles. The standard InChI is InChI=1S/C11H22F2N2/c1-15(2)8-7-14-9-10-3-5-11(12,13)6-4-10/h10,14H,3-9H2,1-2H3. The summed E-state index contributed by atoms with van der Waals surface area (Å²) in [5, 5.41) is 3.33. The number of hydrogen-bond donors (Lipinski definition) is 1. The van der Waals surface area contributed by atoms with Crippen LogP contribution in [-0.2, 0) is 0 Å². The van der Waals surface area contributed by atoms with Crippen LogP contribution < -0.4 is 5.32 Å². The van der Waals surface area contributed by atoms with Crippen molar-refractivity contribution in [1.82, 2.24) is 10.2 Å². The molecule has 1 aliphatic carbocycles. The zero-order valence-electron chi connectivity index (χ0n) is 9.73. The molecule has 0 aromatic rings. The fraction of sp³-hybridized carbons (Fsp3) is 1.00. The van der Waals surface area contributed by atoms with Crippen molar-refractivity contribution in [2.24, 2.45) is 5.92 Å². The number of likely N-dealkylation sites (N-methyl/N-ethyl adjacent to an activating group) is 1. The Morgan fingerprint density at radius 3 is 2.40 bits per heavy atom. The molecule has 2 nitrogen and oxygen atoms in total. The van der Waals surface area contributed by atoms with Crippen LogP contribution in [0.15, 0.2) is 0 Å². The summed E-state index contributed by atoms with van der Waals surface area (Å²) in [6.07, 6.45) is 1.49. The number of halogens is 2. The molecule has 1 N–H and O–H groups in total. The van der Waals surface area contributed by atoms with Gasteiger partial charge in [0, 0.05) is 25.9 Å². The molecule has 1 rings (SSSR count). The minimum Gasteiger partial charge on any atom is -0.315 e. The van der Waals surface area contributed by atoms with Crippen molar-refractivity contribution in [3.63, 3.8) is 0 Å². The maximum absolute atomic E-state index is 12.8. The van der Waals surface area contributed by atoms with Gasteiger partial charge in [-0.05, 0) is 39.4 Å². The molecule has 0 aromatic heterocycles. The first-order valence-corrected chi connectivity index (χ1v) is 5.73. The Morgan fingerprint density at radius 2 is 1.87 bits per heavy atom. The van der Waals surface area contributed by atoms with Crippen molar-refractivity contribution >= 4 is 0 Å². The van der Waals surface area contributed by atoms with Gasteiger partial charge < -0.3 is 10.2 Å². The maximum atomic E-state index is 12.8. The van der Waals surface area contributed by atoms with Crippen molar-refractivity contribution in [2.45, 2.75) is 31.6 Å². The number of hydrogen-bond acceptors (Lipinski definition) is 2. The van der Waals surface area contributed by atoms with Gasteiger partial charge in [-0.2, -0.15) is 0 Å². The third kappa shape index (κ3) is 5.42. The van der Waals surface area contributed by atoms with Gasteiger partial charge in [0.2, 0.25) is 5.92 Å². The van der Waals surface area contributed by atoms with Gasteiger partial charge >= 0.3 is 0 Å². The highest BCUT2D eigenvalue weighted by Gasteiger charge is 2.34. The number of rotatable bonds is 5. The zero-order valence-corrected chi connectivity index (χ0v) is 9.73. The summed E-state index contributed by atoms with van der Waals surface area (Å²) in [6.45, 7) is 2.84. The van der Waals surface area contributed by atoms with Gasteiger partial charge in [0.1, 0.15) is 0 Å². The lowest BCUT2D eigenvalue weighted by Gasteiger charge is -2.28. The number of nitrogens with one attached hydrogen (secondary N) is 1. The van der Waals surface area contributed by atoms with Crippen LogP contribution in [0.4, 0.5) is 8.78 Å². The van der Waals surface area contributed by atoms with Crippen molar-refractivity contribution in [2.75, 3.05) is 33.7 Å². The highest BCUT2D eigenvalue weighted by molar-refractivity contribution is 4.78. The second-order valence-corrected chi connectivity index (χ2v) is 4.81. The van der Waals surface area contributed by atoms with Crippen LogP contribution in [0.2, 0.25) is 0 Å². The summed E-state index contributed by atoms with van der Waals surface area (Å²) >= 11 is 0.